The normalized spacial score (nSPS) is 11.8. The van der Waals surface area contributed by atoms with E-state index in [0.29, 0.717) is 28.4 Å². The van der Waals surface area contributed by atoms with Gasteiger partial charge in [-0.2, -0.15) is 0 Å². The second-order valence-corrected chi connectivity index (χ2v) is 7.44. The van der Waals surface area contributed by atoms with E-state index in [1.54, 1.807) is 30.3 Å². The summed E-state index contributed by atoms with van der Waals surface area (Å²) in [5.41, 5.74) is 1.62. The van der Waals surface area contributed by atoms with Crippen LogP contribution >= 0.6 is 11.8 Å². The van der Waals surface area contributed by atoms with Crippen LogP contribution in [0.3, 0.4) is 0 Å². The molecule has 2 N–H and O–H groups in total. The van der Waals surface area contributed by atoms with E-state index in [-0.39, 0.29) is 24.4 Å². The average Bonchev–Trinajstić information content (AvgIpc) is 3.21. The van der Waals surface area contributed by atoms with Gasteiger partial charge in [0, 0.05) is 27.9 Å². The van der Waals surface area contributed by atoms with Crippen molar-refractivity contribution in [2.24, 2.45) is 0 Å². The van der Waals surface area contributed by atoms with Crippen LogP contribution in [0.4, 0.5) is 15.8 Å². The van der Waals surface area contributed by atoms with Crippen molar-refractivity contribution in [2.75, 3.05) is 23.2 Å². The lowest BCUT2D eigenvalue weighted by atomic mass is 10.2. The lowest BCUT2D eigenvalue weighted by Crippen LogP contribution is -2.14. The zero-order valence-corrected chi connectivity index (χ0v) is 16.5. The smallest absolute Gasteiger partial charge is 0.255 e. The van der Waals surface area contributed by atoms with E-state index in [4.69, 9.17) is 9.47 Å². The molecule has 0 spiro atoms. The van der Waals surface area contributed by atoms with E-state index in [2.05, 4.69) is 10.6 Å². The molecule has 30 heavy (non-hydrogen) atoms. The Balaban J connectivity index is 1.27. The van der Waals surface area contributed by atoms with Crippen molar-refractivity contribution in [3.63, 3.8) is 0 Å². The molecule has 3 aromatic carbocycles. The van der Waals surface area contributed by atoms with E-state index in [0.717, 1.165) is 4.90 Å². The largest absolute Gasteiger partial charge is 0.454 e. The number of fused-ring (bicyclic) bond motifs is 1. The minimum Gasteiger partial charge on any atom is -0.454 e. The van der Waals surface area contributed by atoms with Crippen LogP contribution < -0.4 is 20.1 Å². The molecule has 0 saturated carbocycles. The van der Waals surface area contributed by atoms with Crippen molar-refractivity contribution in [3.05, 3.63) is 78.1 Å². The number of rotatable bonds is 6. The highest BCUT2D eigenvalue weighted by Crippen LogP contribution is 2.34. The molecule has 1 aliphatic rings. The number of amides is 2. The summed E-state index contributed by atoms with van der Waals surface area (Å²) in [6.07, 6.45) is 0. The summed E-state index contributed by atoms with van der Waals surface area (Å²) in [5.74, 6) is 0.643. The topological polar surface area (TPSA) is 76.7 Å². The summed E-state index contributed by atoms with van der Waals surface area (Å²) >= 11 is 1.38. The Morgan fingerprint density at radius 2 is 1.57 bits per heavy atom. The third-order valence-corrected chi connectivity index (χ3v) is 5.26. The molecule has 0 bridgehead atoms. The minimum absolute atomic E-state index is 0.146. The fourth-order valence-corrected chi connectivity index (χ4v) is 3.46. The van der Waals surface area contributed by atoms with Crippen LogP contribution in [0.15, 0.2) is 71.6 Å². The average molecular weight is 424 g/mol. The molecular formula is C22H17FN2O4S. The maximum atomic E-state index is 13.0. The Labute approximate surface area is 176 Å². The number of hydrogen-bond acceptors (Lipinski definition) is 5. The van der Waals surface area contributed by atoms with Gasteiger partial charge in [0.05, 0.1) is 5.75 Å². The van der Waals surface area contributed by atoms with Crippen molar-refractivity contribution in [3.8, 4) is 11.5 Å². The quantitative estimate of drug-likeness (QED) is 0.569. The number of carbonyl (C=O) groups is 2. The SMILES string of the molecule is O=C(CSc1ccc(NC(=O)c2ccc(F)cc2)cc1)Nc1ccc2c(c1)OCO2. The maximum Gasteiger partial charge on any atom is 0.255 e. The van der Waals surface area contributed by atoms with E-state index < -0.39 is 5.82 Å². The van der Waals surface area contributed by atoms with Gasteiger partial charge in [-0.3, -0.25) is 9.59 Å². The molecule has 0 aliphatic carbocycles. The summed E-state index contributed by atoms with van der Waals surface area (Å²) in [6, 6.07) is 17.7. The molecule has 1 aliphatic heterocycles. The number of anilines is 2. The van der Waals surface area contributed by atoms with Gasteiger partial charge in [0.25, 0.3) is 5.91 Å². The van der Waals surface area contributed by atoms with Crippen molar-refractivity contribution < 1.29 is 23.5 Å². The molecule has 152 valence electrons. The second-order valence-electron chi connectivity index (χ2n) is 6.39. The van der Waals surface area contributed by atoms with Gasteiger partial charge in [-0.1, -0.05) is 0 Å². The number of ether oxygens (including phenoxy) is 2. The first-order chi connectivity index (χ1) is 14.6. The van der Waals surface area contributed by atoms with Crippen LogP contribution in [-0.2, 0) is 4.79 Å². The molecule has 0 saturated heterocycles. The van der Waals surface area contributed by atoms with Gasteiger partial charge in [-0.15, -0.1) is 11.8 Å². The van der Waals surface area contributed by atoms with Gasteiger partial charge in [0.15, 0.2) is 11.5 Å². The van der Waals surface area contributed by atoms with Crippen LogP contribution in [-0.4, -0.2) is 24.4 Å². The molecule has 4 rings (SSSR count). The minimum atomic E-state index is -0.393. The maximum absolute atomic E-state index is 13.0. The van der Waals surface area contributed by atoms with E-state index >= 15 is 0 Å². The third-order valence-electron chi connectivity index (χ3n) is 4.24. The molecule has 0 fully saturated rings. The van der Waals surface area contributed by atoms with Gasteiger partial charge in [0.1, 0.15) is 5.82 Å². The number of hydrogen-bond donors (Lipinski definition) is 2. The molecule has 8 heteroatoms. The van der Waals surface area contributed by atoms with Crippen molar-refractivity contribution in [1.82, 2.24) is 0 Å². The molecule has 0 unspecified atom stereocenters. The molecule has 0 radical (unpaired) electrons. The standard InChI is InChI=1S/C22H17FN2O4S/c23-15-3-1-14(2-4-15)22(27)25-16-5-8-18(9-6-16)30-12-21(26)24-17-7-10-19-20(11-17)29-13-28-19/h1-11H,12-13H2,(H,24,26)(H,25,27). The van der Waals surface area contributed by atoms with Crippen molar-refractivity contribution >= 4 is 35.0 Å². The first-order valence-corrected chi connectivity index (χ1v) is 10.0. The molecule has 1 heterocycles. The highest BCUT2D eigenvalue weighted by atomic mass is 32.2. The zero-order chi connectivity index (χ0) is 20.9. The van der Waals surface area contributed by atoms with Gasteiger partial charge in [-0.05, 0) is 60.7 Å². The number of benzene rings is 3. The Morgan fingerprint density at radius 3 is 2.33 bits per heavy atom. The number of thioether (sulfide) groups is 1. The van der Waals surface area contributed by atoms with Gasteiger partial charge < -0.3 is 20.1 Å². The molecule has 6 nitrogen and oxygen atoms in total. The molecular weight excluding hydrogens is 407 g/mol. The van der Waals surface area contributed by atoms with Crippen LogP contribution in [0, 0.1) is 5.82 Å². The number of halogens is 1. The summed E-state index contributed by atoms with van der Waals surface area (Å²) in [5, 5.41) is 5.57. The second kappa shape index (κ2) is 8.87. The lowest BCUT2D eigenvalue weighted by Gasteiger charge is -2.08. The van der Waals surface area contributed by atoms with E-state index in [1.165, 1.54) is 36.0 Å². The zero-order valence-electron chi connectivity index (χ0n) is 15.7. The molecule has 3 aromatic rings. The first kappa shape index (κ1) is 19.8. The Hall–Kier alpha value is -3.52. The molecule has 0 aromatic heterocycles. The fraction of sp³-hybridized carbons (Fsp3) is 0.0909. The van der Waals surface area contributed by atoms with Gasteiger partial charge in [-0.25, -0.2) is 4.39 Å². The van der Waals surface area contributed by atoms with Crippen LogP contribution in [0.1, 0.15) is 10.4 Å². The number of nitrogens with one attached hydrogen (secondary N) is 2. The third kappa shape index (κ3) is 4.90. The Kier molecular flexibility index (Phi) is 5.85. The molecule has 2 amide bonds. The summed E-state index contributed by atoms with van der Waals surface area (Å²) < 4.78 is 23.5. The summed E-state index contributed by atoms with van der Waals surface area (Å²) in [7, 11) is 0. The van der Waals surface area contributed by atoms with Crippen LogP contribution in [0.25, 0.3) is 0 Å². The molecule has 0 atom stereocenters. The predicted molar refractivity (Wildman–Crippen MR) is 113 cm³/mol. The van der Waals surface area contributed by atoms with Gasteiger partial charge in [0.2, 0.25) is 12.7 Å². The Morgan fingerprint density at radius 1 is 0.867 bits per heavy atom. The van der Waals surface area contributed by atoms with Crippen LogP contribution in [0.2, 0.25) is 0 Å². The highest BCUT2D eigenvalue weighted by molar-refractivity contribution is 8.00. The summed E-state index contributed by atoms with van der Waals surface area (Å²) in [6.45, 7) is 0.183. The first-order valence-electron chi connectivity index (χ1n) is 9.06. The highest BCUT2D eigenvalue weighted by Gasteiger charge is 2.14. The van der Waals surface area contributed by atoms with E-state index in [9.17, 15) is 14.0 Å². The van der Waals surface area contributed by atoms with Gasteiger partial charge >= 0.3 is 0 Å². The number of carbonyl (C=O) groups excluding carboxylic acids is 2. The predicted octanol–water partition coefficient (Wildman–Crippen LogP) is 4.54. The Bertz CT molecular complexity index is 1070. The van der Waals surface area contributed by atoms with Crippen molar-refractivity contribution in [2.45, 2.75) is 4.90 Å². The van der Waals surface area contributed by atoms with Crippen LogP contribution in [0.5, 0.6) is 11.5 Å². The van der Waals surface area contributed by atoms with E-state index in [1.807, 2.05) is 12.1 Å². The summed E-state index contributed by atoms with van der Waals surface area (Å²) in [4.78, 5) is 25.2. The van der Waals surface area contributed by atoms with Crippen molar-refractivity contribution in [1.29, 1.82) is 0 Å². The monoisotopic (exact) mass is 424 g/mol. The lowest BCUT2D eigenvalue weighted by molar-refractivity contribution is -0.113. The fourth-order valence-electron chi connectivity index (χ4n) is 2.76.